The predicted octanol–water partition coefficient (Wildman–Crippen LogP) is 1.79. The van der Waals surface area contributed by atoms with Gasteiger partial charge in [0, 0.05) is 13.5 Å². The molecule has 0 saturated carbocycles. The molecule has 0 unspecified atom stereocenters. The lowest BCUT2D eigenvalue weighted by Crippen LogP contribution is -2.40. The Morgan fingerprint density at radius 1 is 1.00 bits per heavy atom. The van der Waals surface area contributed by atoms with Crippen LogP contribution in [0.15, 0.2) is 0 Å². The number of carboxylic acid groups (broad SMARTS) is 1. The van der Waals surface area contributed by atoms with E-state index in [1.807, 2.05) is 0 Å². The maximum atomic E-state index is 11.5. The summed E-state index contributed by atoms with van der Waals surface area (Å²) in [5.74, 6) is -1.62. The number of hydrogen-bond acceptors (Lipinski definition) is 3. The summed E-state index contributed by atoms with van der Waals surface area (Å²) in [6.45, 7) is 1.69. The molecule has 0 aliphatic heterocycles. The van der Waals surface area contributed by atoms with Crippen LogP contribution in [-0.2, 0) is 14.4 Å². The summed E-state index contributed by atoms with van der Waals surface area (Å²) in [5, 5.41) is 11.1. The summed E-state index contributed by atoms with van der Waals surface area (Å²) in [6.07, 6.45) is 8.40. The van der Waals surface area contributed by atoms with Gasteiger partial charge in [-0.1, -0.05) is 45.4 Å². The number of rotatable bonds is 12. The fourth-order valence-electron chi connectivity index (χ4n) is 1.93. The zero-order chi connectivity index (χ0) is 16.1. The summed E-state index contributed by atoms with van der Waals surface area (Å²) in [7, 11) is 1.40. The second-order valence-corrected chi connectivity index (χ2v) is 5.29. The zero-order valence-electron chi connectivity index (χ0n) is 13.2. The highest BCUT2D eigenvalue weighted by Gasteiger charge is 2.12. The van der Waals surface area contributed by atoms with Crippen molar-refractivity contribution in [2.75, 3.05) is 20.1 Å². The van der Waals surface area contributed by atoms with E-state index in [0.29, 0.717) is 6.42 Å². The number of carboxylic acids is 1. The lowest BCUT2D eigenvalue weighted by Gasteiger charge is -2.14. The molecular weight excluding hydrogens is 272 g/mol. The van der Waals surface area contributed by atoms with Gasteiger partial charge in [-0.25, -0.2) is 0 Å². The second-order valence-electron chi connectivity index (χ2n) is 5.29. The number of nitrogens with zero attached hydrogens (tertiary/aromatic N) is 1. The predicted molar refractivity (Wildman–Crippen MR) is 80.9 cm³/mol. The van der Waals surface area contributed by atoms with Crippen molar-refractivity contribution < 1.29 is 19.5 Å². The van der Waals surface area contributed by atoms with E-state index in [4.69, 9.17) is 5.11 Å². The van der Waals surface area contributed by atoms with Crippen molar-refractivity contribution in [3.05, 3.63) is 0 Å². The molecule has 0 radical (unpaired) electrons. The fraction of sp³-hybridized carbons (Fsp3) is 0.800. The maximum Gasteiger partial charge on any atom is 0.323 e. The highest BCUT2D eigenvalue weighted by molar-refractivity contribution is 5.86. The first-order chi connectivity index (χ1) is 9.97. The molecule has 0 saturated heterocycles. The molecule has 0 aromatic rings. The van der Waals surface area contributed by atoms with Crippen LogP contribution >= 0.6 is 0 Å². The van der Waals surface area contributed by atoms with Crippen LogP contribution in [0.3, 0.4) is 0 Å². The Balaban J connectivity index is 3.57. The van der Waals surface area contributed by atoms with Gasteiger partial charge in [0.15, 0.2) is 0 Å². The fourth-order valence-corrected chi connectivity index (χ4v) is 1.93. The summed E-state index contributed by atoms with van der Waals surface area (Å²) in [5.41, 5.74) is 0. The number of nitrogens with one attached hydrogen (secondary N) is 1. The van der Waals surface area contributed by atoms with Crippen molar-refractivity contribution in [1.29, 1.82) is 0 Å². The number of likely N-dealkylation sites (N-methyl/N-ethyl adjacent to an activating group) is 1. The third-order valence-electron chi connectivity index (χ3n) is 3.24. The lowest BCUT2D eigenvalue weighted by molar-refractivity contribution is -0.143. The molecule has 0 fully saturated rings. The smallest absolute Gasteiger partial charge is 0.323 e. The first kappa shape index (κ1) is 19.4. The van der Waals surface area contributed by atoms with Crippen LogP contribution in [0.2, 0.25) is 0 Å². The first-order valence-electron chi connectivity index (χ1n) is 7.69. The van der Waals surface area contributed by atoms with Gasteiger partial charge in [0.1, 0.15) is 6.54 Å². The highest BCUT2D eigenvalue weighted by atomic mass is 16.4. The number of carbonyl (C=O) groups is 3. The van der Waals surface area contributed by atoms with E-state index in [1.54, 1.807) is 0 Å². The van der Waals surface area contributed by atoms with E-state index < -0.39 is 11.9 Å². The number of hydrogen-bond donors (Lipinski definition) is 2. The molecule has 2 amide bonds. The van der Waals surface area contributed by atoms with Crippen LogP contribution in [-0.4, -0.2) is 47.9 Å². The molecule has 0 atom stereocenters. The van der Waals surface area contributed by atoms with Crippen LogP contribution in [0.5, 0.6) is 0 Å². The van der Waals surface area contributed by atoms with Crippen molar-refractivity contribution in [2.45, 2.75) is 58.3 Å². The number of unbranched alkanes of at least 4 members (excludes halogenated alkanes) is 6. The Bertz CT molecular complexity index is 332. The van der Waals surface area contributed by atoms with Gasteiger partial charge >= 0.3 is 5.97 Å². The Morgan fingerprint density at radius 2 is 1.57 bits per heavy atom. The summed E-state index contributed by atoms with van der Waals surface area (Å²) < 4.78 is 0. The number of amides is 2. The topological polar surface area (TPSA) is 86.7 Å². The molecule has 0 aliphatic rings. The molecule has 122 valence electrons. The van der Waals surface area contributed by atoms with E-state index in [1.165, 1.54) is 32.7 Å². The van der Waals surface area contributed by atoms with Gasteiger partial charge in [0.05, 0.1) is 6.54 Å². The Kier molecular flexibility index (Phi) is 11.3. The molecule has 0 aliphatic carbocycles. The molecule has 0 rings (SSSR count). The van der Waals surface area contributed by atoms with E-state index in [0.717, 1.165) is 24.2 Å². The number of carbonyl (C=O) groups excluding carboxylic acids is 2. The van der Waals surface area contributed by atoms with Gasteiger partial charge in [-0.3, -0.25) is 14.4 Å². The Labute approximate surface area is 126 Å². The molecule has 6 heteroatoms. The van der Waals surface area contributed by atoms with Crippen LogP contribution in [0.25, 0.3) is 0 Å². The second kappa shape index (κ2) is 12.2. The van der Waals surface area contributed by atoms with Gasteiger partial charge < -0.3 is 15.3 Å². The first-order valence-corrected chi connectivity index (χ1v) is 7.69. The van der Waals surface area contributed by atoms with Crippen LogP contribution in [0.1, 0.15) is 58.3 Å². The van der Waals surface area contributed by atoms with Crippen molar-refractivity contribution in [2.24, 2.45) is 0 Å². The molecule has 0 heterocycles. The quantitative estimate of drug-likeness (QED) is 0.538. The zero-order valence-corrected chi connectivity index (χ0v) is 13.2. The molecule has 0 aromatic heterocycles. The molecule has 0 bridgehead atoms. The maximum absolute atomic E-state index is 11.5. The van der Waals surface area contributed by atoms with Crippen LogP contribution in [0, 0.1) is 0 Å². The largest absolute Gasteiger partial charge is 0.480 e. The van der Waals surface area contributed by atoms with Crippen LogP contribution < -0.4 is 5.32 Å². The molecule has 0 spiro atoms. The standard InChI is InChI=1S/C15H28N2O4/c1-3-4-5-6-7-8-9-10-13(18)16-11-14(19)17(2)12-15(20)21/h3-12H2,1-2H3,(H,16,18)(H,20,21). The monoisotopic (exact) mass is 300 g/mol. The lowest BCUT2D eigenvalue weighted by atomic mass is 10.1. The van der Waals surface area contributed by atoms with Gasteiger partial charge in [-0.2, -0.15) is 0 Å². The Morgan fingerprint density at radius 3 is 2.14 bits per heavy atom. The van der Waals surface area contributed by atoms with Gasteiger partial charge in [0.25, 0.3) is 0 Å². The minimum atomic E-state index is -1.07. The van der Waals surface area contributed by atoms with Gasteiger partial charge in [0.2, 0.25) is 11.8 Å². The normalized spacial score (nSPS) is 10.2. The molecular formula is C15H28N2O4. The van der Waals surface area contributed by atoms with Crippen molar-refractivity contribution in [3.63, 3.8) is 0 Å². The summed E-state index contributed by atoms with van der Waals surface area (Å²) in [6, 6.07) is 0. The van der Waals surface area contributed by atoms with E-state index in [2.05, 4.69) is 12.2 Å². The van der Waals surface area contributed by atoms with Gasteiger partial charge in [-0.05, 0) is 6.42 Å². The molecule has 2 N–H and O–H groups in total. The SMILES string of the molecule is CCCCCCCCCC(=O)NCC(=O)N(C)CC(=O)O. The van der Waals surface area contributed by atoms with Crippen molar-refractivity contribution >= 4 is 17.8 Å². The van der Waals surface area contributed by atoms with Crippen LogP contribution in [0.4, 0.5) is 0 Å². The highest BCUT2D eigenvalue weighted by Crippen LogP contribution is 2.08. The third-order valence-corrected chi connectivity index (χ3v) is 3.24. The number of aliphatic carboxylic acids is 1. The van der Waals surface area contributed by atoms with Crippen molar-refractivity contribution in [1.82, 2.24) is 10.2 Å². The average molecular weight is 300 g/mol. The van der Waals surface area contributed by atoms with E-state index in [9.17, 15) is 14.4 Å². The Hall–Kier alpha value is -1.59. The van der Waals surface area contributed by atoms with E-state index >= 15 is 0 Å². The molecule has 0 aromatic carbocycles. The average Bonchev–Trinajstić information content (AvgIpc) is 2.43. The minimum absolute atomic E-state index is 0.140. The summed E-state index contributed by atoms with van der Waals surface area (Å²) in [4.78, 5) is 34.6. The van der Waals surface area contributed by atoms with E-state index in [-0.39, 0.29) is 19.0 Å². The minimum Gasteiger partial charge on any atom is -0.480 e. The molecule has 21 heavy (non-hydrogen) atoms. The summed E-state index contributed by atoms with van der Waals surface area (Å²) >= 11 is 0. The van der Waals surface area contributed by atoms with Gasteiger partial charge in [-0.15, -0.1) is 0 Å². The molecule has 6 nitrogen and oxygen atoms in total. The third kappa shape index (κ3) is 11.9. The van der Waals surface area contributed by atoms with Crippen molar-refractivity contribution in [3.8, 4) is 0 Å².